The van der Waals surface area contributed by atoms with Gasteiger partial charge in [-0.1, -0.05) is 0 Å². The van der Waals surface area contributed by atoms with E-state index in [4.69, 9.17) is 4.74 Å². The lowest BCUT2D eigenvalue weighted by atomic mass is 10.1. The second-order valence-corrected chi connectivity index (χ2v) is 3.79. The predicted molar refractivity (Wildman–Crippen MR) is 59.6 cm³/mol. The van der Waals surface area contributed by atoms with Gasteiger partial charge in [-0.25, -0.2) is 4.39 Å². The number of halogens is 1. The van der Waals surface area contributed by atoms with E-state index in [-0.39, 0.29) is 5.56 Å². The minimum Gasteiger partial charge on any atom is -0.385 e. The summed E-state index contributed by atoms with van der Waals surface area (Å²) in [5, 5.41) is 0. The highest BCUT2D eigenvalue weighted by atomic mass is 19.1. The number of methoxy groups -OCH3 is 1. The van der Waals surface area contributed by atoms with Crippen molar-refractivity contribution < 1.29 is 18.7 Å². The Balaban J connectivity index is 2.25. The summed E-state index contributed by atoms with van der Waals surface area (Å²) in [5.41, 5.74) is 0.630. The van der Waals surface area contributed by atoms with E-state index in [9.17, 15) is 14.0 Å². The molecule has 2 rings (SSSR count). The highest BCUT2D eigenvalue weighted by Gasteiger charge is 2.35. The van der Waals surface area contributed by atoms with Gasteiger partial charge in [-0.2, -0.15) is 0 Å². The SMILES string of the molecule is COCCCN1C(=O)C(=O)c2cc(F)ccc21. The van der Waals surface area contributed by atoms with E-state index in [1.54, 1.807) is 7.11 Å². The summed E-state index contributed by atoms with van der Waals surface area (Å²) < 4.78 is 17.9. The third-order valence-corrected chi connectivity index (χ3v) is 2.66. The molecule has 90 valence electrons. The molecule has 1 aliphatic rings. The first-order valence-electron chi connectivity index (χ1n) is 5.30. The van der Waals surface area contributed by atoms with Gasteiger partial charge in [0.25, 0.3) is 11.7 Å². The van der Waals surface area contributed by atoms with Crippen molar-refractivity contribution in [2.75, 3.05) is 25.2 Å². The van der Waals surface area contributed by atoms with Gasteiger partial charge in [0, 0.05) is 20.3 Å². The van der Waals surface area contributed by atoms with Crippen molar-refractivity contribution >= 4 is 17.4 Å². The van der Waals surface area contributed by atoms with Gasteiger partial charge >= 0.3 is 0 Å². The maximum atomic E-state index is 13.0. The molecule has 0 saturated heterocycles. The van der Waals surface area contributed by atoms with Crippen molar-refractivity contribution in [1.29, 1.82) is 0 Å². The highest BCUT2D eigenvalue weighted by Crippen LogP contribution is 2.29. The van der Waals surface area contributed by atoms with Crippen LogP contribution in [-0.4, -0.2) is 32.0 Å². The van der Waals surface area contributed by atoms with Crippen LogP contribution in [-0.2, 0) is 9.53 Å². The number of hydrogen-bond donors (Lipinski definition) is 0. The molecule has 0 bridgehead atoms. The van der Waals surface area contributed by atoms with Gasteiger partial charge in [-0.15, -0.1) is 0 Å². The summed E-state index contributed by atoms with van der Waals surface area (Å²) in [6, 6.07) is 3.81. The van der Waals surface area contributed by atoms with E-state index in [2.05, 4.69) is 0 Å². The summed E-state index contributed by atoms with van der Waals surface area (Å²) in [7, 11) is 1.57. The van der Waals surface area contributed by atoms with Gasteiger partial charge in [-0.3, -0.25) is 9.59 Å². The number of carbonyl (C=O) groups excluding carboxylic acids is 2. The van der Waals surface area contributed by atoms with Crippen molar-refractivity contribution in [2.45, 2.75) is 6.42 Å². The van der Waals surface area contributed by atoms with Crippen LogP contribution in [0.3, 0.4) is 0 Å². The van der Waals surface area contributed by atoms with Crippen molar-refractivity contribution in [1.82, 2.24) is 0 Å². The van der Waals surface area contributed by atoms with Crippen LogP contribution in [0.5, 0.6) is 0 Å². The third kappa shape index (κ3) is 2.06. The fraction of sp³-hybridized carbons (Fsp3) is 0.333. The maximum Gasteiger partial charge on any atom is 0.299 e. The molecule has 0 unspecified atom stereocenters. The van der Waals surface area contributed by atoms with Gasteiger partial charge < -0.3 is 9.64 Å². The number of benzene rings is 1. The zero-order valence-corrected chi connectivity index (χ0v) is 9.40. The summed E-state index contributed by atoms with van der Waals surface area (Å²) in [4.78, 5) is 24.7. The van der Waals surface area contributed by atoms with Crippen LogP contribution in [0.15, 0.2) is 18.2 Å². The van der Waals surface area contributed by atoms with E-state index in [1.165, 1.54) is 17.0 Å². The van der Waals surface area contributed by atoms with E-state index in [0.29, 0.717) is 25.3 Å². The van der Waals surface area contributed by atoms with Gasteiger partial charge in [0.15, 0.2) is 0 Å². The van der Waals surface area contributed by atoms with E-state index in [1.807, 2.05) is 0 Å². The lowest BCUT2D eigenvalue weighted by Crippen LogP contribution is -2.31. The molecule has 4 nitrogen and oxygen atoms in total. The van der Waals surface area contributed by atoms with Crippen LogP contribution in [0.4, 0.5) is 10.1 Å². The zero-order valence-electron chi connectivity index (χ0n) is 9.40. The maximum absolute atomic E-state index is 13.0. The number of hydrogen-bond acceptors (Lipinski definition) is 3. The number of fused-ring (bicyclic) bond motifs is 1. The number of anilines is 1. The summed E-state index contributed by atoms with van der Waals surface area (Å²) in [6.45, 7) is 0.908. The van der Waals surface area contributed by atoms with Crippen LogP contribution in [0.2, 0.25) is 0 Å². The zero-order chi connectivity index (χ0) is 12.4. The molecule has 0 aromatic heterocycles. The predicted octanol–water partition coefficient (Wildman–Crippen LogP) is 1.39. The minimum absolute atomic E-state index is 0.146. The van der Waals surface area contributed by atoms with Gasteiger partial charge in [-0.05, 0) is 24.6 Å². The van der Waals surface area contributed by atoms with Crippen molar-refractivity contribution in [2.24, 2.45) is 0 Å². The van der Waals surface area contributed by atoms with Crippen molar-refractivity contribution in [3.8, 4) is 0 Å². The van der Waals surface area contributed by atoms with Crippen LogP contribution in [0.25, 0.3) is 0 Å². The summed E-state index contributed by atoms with van der Waals surface area (Å²) >= 11 is 0. The molecule has 1 heterocycles. The number of amides is 1. The molecule has 17 heavy (non-hydrogen) atoms. The monoisotopic (exact) mass is 237 g/mol. The molecule has 0 fully saturated rings. The lowest BCUT2D eigenvalue weighted by molar-refractivity contribution is -0.114. The Bertz CT molecular complexity index is 473. The number of ether oxygens (including phenoxy) is 1. The molecule has 0 aliphatic carbocycles. The summed E-state index contributed by atoms with van der Waals surface area (Å²) in [6.07, 6.45) is 0.631. The first-order valence-corrected chi connectivity index (χ1v) is 5.30. The molecule has 1 aromatic rings. The highest BCUT2D eigenvalue weighted by molar-refractivity contribution is 6.52. The average molecular weight is 237 g/mol. The Morgan fingerprint density at radius 3 is 2.82 bits per heavy atom. The van der Waals surface area contributed by atoms with E-state index < -0.39 is 17.5 Å². The van der Waals surface area contributed by atoms with Crippen LogP contribution in [0, 0.1) is 5.82 Å². The molecule has 0 spiro atoms. The molecule has 5 heteroatoms. The fourth-order valence-electron chi connectivity index (χ4n) is 1.86. The van der Waals surface area contributed by atoms with Crippen LogP contribution in [0.1, 0.15) is 16.8 Å². The molecule has 0 radical (unpaired) electrons. The number of nitrogens with zero attached hydrogens (tertiary/aromatic N) is 1. The molecule has 0 saturated carbocycles. The Hall–Kier alpha value is -1.75. The van der Waals surface area contributed by atoms with Crippen molar-refractivity contribution in [3.63, 3.8) is 0 Å². The lowest BCUT2D eigenvalue weighted by Gasteiger charge is -2.15. The molecular weight excluding hydrogens is 225 g/mol. The minimum atomic E-state index is -0.642. The first-order chi connectivity index (χ1) is 8.15. The van der Waals surface area contributed by atoms with E-state index >= 15 is 0 Å². The molecule has 0 atom stereocenters. The van der Waals surface area contributed by atoms with Gasteiger partial charge in [0.2, 0.25) is 0 Å². The van der Waals surface area contributed by atoms with Crippen LogP contribution < -0.4 is 4.90 Å². The second kappa shape index (κ2) is 4.63. The number of ketones is 1. The Morgan fingerprint density at radius 1 is 1.35 bits per heavy atom. The molecule has 0 N–H and O–H groups in total. The second-order valence-electron chi connectivity index (χ2n) is 3.79. The Kier molecular flexibility index (Phi) is 3.19. The molecule has 1 aromatic carbocycles. The Labute approximate surface area is 98.0 Å². The number of rotatable bonds is 4. The largest absolute Gasteiger partial charge is 0.385 e. The number of carbonyl (C=O) groups is 2. The van der Waals surface area contributed by atoms with Gasteiger partial charge in [0.05, 0.1) is 11.3 Å². The Morgan fingerprint density at radius 2 is 2.12 bits per heavy atom. The standard InChI is InChI=1S/C12H12FNO3/c1-17-6-2-5-14-10-4-3-8(13)7-9(10)11(15)12(14)16/h3-4,7H,2,5-6H2,1H3. The van der Waals surface area contributed by atoms with Gasteiger partial charge in [0.1, 0.15) is 5.82 Å². The molecule has 1 amide bonds. The topological polar surface area (TPSA) is 46.6 Å². The van der Waals surface area contributed by atoms with Crippen LogP contribution >= 0.6 is 0 Å². The van der Waals surface area contributed by atoms with Crippen molar-refractivity contribution in [3.05, 3.63) is 29.6 Å². The fourth-order valence-corrected chi connectivity index (χ4v) is 1.86. The normalized spacial score (nSPS) is 14.4. The smallest absolute Gasteiger partial charge is 0.299 e. The summed E-state index contributed by atoms with van der Waals surface area (Å²) in [5.74, 6) is -1.75. The van der Waals surface area contributed by atoms with E-state index in [0.717, 1.165) is 6.07 Å². The first kappa shape index (κ1) is 11.7. The average Bonchev–Trinajstić information content (AvgIpc) is 2.54. The quantitative estimate of drug-likeness (QED) is 0.587. The molecular formula is C12H12FNO3. The number of Topliss-reactive ketones (excluding diaryl/α,β-unsaturated/α-hetero) is 1. The molecule has 1 aliphatic heterocycles. The third-order valence-electron chi connectivity index (χ3n) is 2.66.